The van der Waals surface area contributed by atoms with Crippen LogP contribution in [0.3, 0.4) is 0 Å². The maximum Gasteiger partial charge on any atom is 0.252 e. The Morgan fingerprint density at radius 1 is 1.32 bits per heavy atom. The second kappa shape index (κ2) is 6.16. The van der Waals surface area contributed by atoms with E-state index in [9.17, 15) is 9.90 Å². The number of fused-ring (bicyclic) bond motifs is 4. The molecule has 0 saturated heterocycles. The largest absolute Gasteiger partial charge is 0.506 e. The topological polar surface area (TPSA) is 66.0 Å². The second-order valence-electron chi connectivity index (χ2n) is 8.70. The molecule has 144 valence electrons. The number of aromatic nitrogens is 2. The van der Waals surface area contributed by atoms with Gasteiger partial charge in [0.1, 0.15) is 10.6 Å². The monoisotopic (exact) mass is 410 g/mol. The van der Waals surface area contributed by atoms with Gasteiger partial charge in [0.25, 0.3) is 5.56 Å². The van der Waals surface area contributed by atoms with Crippen molar-refractivity contribution in [3.8, 4) is 16.2 Å². The van der Waals surface area contributed by atoms with E-state index in [0.717, 1.165) is 29.5 Å². The fourth-order valence-corrected chi connectivity index (χ4v) is 6.27. The van der Waals surface area contributed by atoms with E-state index in [2.05, 4.69) is 43.3 Å². The number of aromatic amines is 1. The summed E-state index contributed by atoms with van der Waals surface area (Å²) in [4.78, 5) is 22.1. The van der Waals surface area contributed by atoms with Crippen LogP contribution in [0.25, 0.3) is 30.9 Å². The zero-order valence-corrected chi connectivity index (χ0v) is 17.8. The first kappa shape index (κ1) is 17.9. The van der Waals surface area contributed by atoms with Crippen molar-refractivity contribution in [2.24, 2.45) is 11.3 Å². The predicted molar refractivity (Wildman–Crippen MR) is 118 cm³/mol. The molecule has 1 aliphatic rings. The molecule has 0 radical (unpaired) electrons. The lowest BCUT2D eigenvalue weighted by molar-refractivity contribution is 0.214. The maximum absolute atomic E-state index is 12.1. The van der Waals surface area contributed by atoms with Gasteiger partial charge >= 0.3 is 0 Å². The van der Waals surface area contributed by atoms with Gasteiger partial charge < -0.3 is 10.1 Å². The molecule has 0 aromatic carbocycles. The van der Waals surface area contributed by atoms with Crippen LogP contribution in [-0.4, -0.2) is 15.1 Å². The second-order valence-corrected chi connectivity index (χ2v) is 10.6. The molecule has 0 fully saturated rings. The molecule has 0 aliphatic heterocycles. The molecule has 2 N–H and O–H groups in total. The molecule has 4 aromatic rings. The normalized spacial score (nSPS) is 17.3. The fraction of sp³-hybridized carbons (Fsp3) is 0.364. The minimum atomic E-state index is -0.285. The van der Waals surface area contributed by atoms with Crippen molar-refractivity contribution < 1.29 is 5.11 Å². The SMILES string of the molecule is CC(C)(C)[C@@H]1CCc2c(nc3sc4c(O)cc(=O)[nH]c4c3c2-c2cccs2)C1. The zero-order valence-electron chi connectivity index (χ0n) is 16.1. The van der Waals surface area contributed by atoms with Crippen LogP contribution in [0, 0.1) is 11.3 Å². The van der Waals surface area contributed by atoms with Crippen LogP contribution in [0.1, 0.15) is 38.4 Å². The van der Waals surface area contributed by atoms with Gasteiger partial charge in [-0.1, -0.05) is 26.8 Å². The molecular formula is C22H22N2O2S2. The van der Waals surface area contributed by atoms with E-state index in [4.69, 9.17) is 4.98 Å². The molecule has 28 heavy (non-hydrogen) atoms. The molecule has 0 saturated carbocycles. The van der Waals surface area contributed by atoms with Crippen LogP contribution in [0.2, 0.25) is 0 Å². The maximum atomic E-state index is 12.1. The number of aromatic hydroxyl groups is 1. The van der Waals surface area contributed by atoms with Crippen LogP contribution in [-0.2, 0) is 12.8 Å². The third-order valence-electron chi connectivity index (χ3n) is 5.95. The molecule has 0 bridgehead atoms. The highest BCUT2D eigenvalue weighted by molar-refractivity contribution is 7.26. The number of hydrogen-bond donors (Lipinski definition) is 2. The molecule has 1 atom stereocenters. The van der Waals surface area contributed by atoms with E-state index in [1.165, 1.54) is 39.1 Å². The van der Waals surface area contributed by atoms with Gasteiger partial charge in [-0.2, -0.15) is 0 Å². The van der Waals surface area contributed by atoms with E-state index in [1.807, 2.05) is 0 Å². The molecular weight excluding hydrogens is 388 g/mol. The number of thiophene rings is 2. The summed E-state index contributed by atoms with van der Waals surface area (Å²) in [6.45, 7) is 6.93. The van der Waals surface area contributed by atoms with Crippen LogP contribution in [0.15, 0.2) is 28.4 Å². The van der Waals surface area contributed by atoms with Gasteiger partial charge in [0, 0.05) is 27.6 Å². The molecule has 5 rings (SSSR count). The molecule has 1 aliphatic carbocycles. The highest BCUT2D eigenvalue weighted by Gasteiger charge is 2.32. The number of rotatable bonds is 1. The average molecular weight is 411 g/mol. The van der Waals surface area contributed by atoms with Crippen molar-refractivity contribution in [1.82, 2.24) is 9.97 Å². The molecule has 4 aromatic heterocycles. The van der Waals surface area contributed by atoms with Gasteiger partial charge in [-0.3, -0.25) is 4.79 Å². The standard InChI is InChI=1S/C22H22N2O2S2/c1-22(2,3)11-6-7-12-13(9-11)23-21-18(17(12)15-5-4-8-27-15)19-20(28-21)14(25)10-16(26)24-19/h4-5,8,10-11H,6-7,9H2,1-3H3,(H2,24,25,26)/t11-/m1/s1. The van der Waals surface area contributed by atoms with Gasteiger partial charge in [0.15, 0.2) is 0 Å². The van der Waals surface area contributed by atoms with Crippen LogP contribution in [0.5, 0.6) is 5.75 Å². The highest BCUT2D eigenvalue weighted by Crippen LogP contribution is 2.47. The van der Waals surface area contributed by atoms with E-state index in [0.29, 0.717) is 16.1 Å². The summed E-state index contributed by atoms with van der Waals surface area (Å²) in [5.74, 6) is 0.633. The first-order valence-corrected chi connectivity index (χ1v) is 11.3. The predicted octanol–water partition coefficient (Wildman–Crippen LogP) is 5.72. The summed E-state index contributed by atoms with van der Waals surface area (Å²) in [5, 5.41) is 13.4. The van der Waals surface area contributed by atoms with E-state index in [1.54, 1.807) is 11.3 Å². The Balaban J connectivity index is 1.87. The number of H-pyrrole nitrogens is 1. The number of hydrogen-bond acceptors (Lipinski definition) is 5. The van der Waals surface area contributed by atoms with Gasteiger partial charge in [0.2, 0.25) is 0 Å². The summed E-state index contributed by atoms with van der Waals surface area (Å²) >= 11 is 3.18. The van der Waals surface area contributed by atoms with Crippen LogP contribution in [0.4, 0.5) is 0 Å². The van der Waals surface area contributed by atoms with Gasteiger partial charge in [-0.05, 0) is 47.6 Å². The van der Waals surface area contributed by atoms with E-state index < -0.39 is 0 Å². The zero-order chi connectivity index (χ0) is 19.6. The number of nitrogens with one attached hydrogen (secondary N) is 1. The average Bonchev–Trinajstić information content (AvgIpc) is 3.27. The fourth-order valence-electron chi connectivity index (χ4n) is 4.39. The summed E-state index contributed by atoms with van der Waals surface area (Å²) in [6.07, 6.45) is 3.11. The van der Waals surface area contributed by atoms with Crippen molar-refractivity contribution >= 4 is 43.1 Å². The van der Waals surface area contributed by atoms with Gasteiger partial charge in [0.05, 0.1) is 10.2 Å². The third kappa shape index (κ3) is 2.70. The Morgan fingerprint density at radius 3 is 2.86 bits per heavy atom. The highest BCUT2D eigenvalue weighted by atomic mass is 32.1. The number of pyridine rings is 2. The Bertz CT molecular complexity index is 1260. The Hall–Kier alpha value is -2.18. The van der Waals surface area contributed by atoms with Gasteiger partial charge in [-0.25, -0.2) is 4.98 Å². The van der Waals surface area contributed by atoms with Crippen LogP contribution < -0.4 is 5.56 Å². The Morgan fingerprint density at radius 2 is 2.14 bits per heavy atom. The molecule has 6 heteroatoms. The number of nitrogens with zero attached hydrogens (tertiary/aromatic N) is 1. The molecule has 4 heterocycles. The molecule has 0 unspecified atom stereocenters. The lowest BCUT2D eigenvalue weighted by atomic mass is 9.71. The lowest BCUT2D eigenvalue weighted by Crippen LogP contribution is -2.27. The summed E-state index contributed by atoms with van der Waals surface area (Å²) in [6, 6.07) is 5.45. The summed E-state index contributed by atoms with van der Waals surface area (Å²) < 4.78 is 0.703. The third-order valence-corrected chi connectivity index (χ3v) is 7.94. The first-order chi connectivity index (χ1) is 13.3. The minimum Gasteiger partial charge on any atom is -0.506 e. The van der Waals surface area contributed by atoms with E-state index in [-0.39, 0.29) is 16.7 Å². The Labute approximate surface area is 170 Å². The first-order valence-electron chi connectivity index (χ1n) is 9.57. The lowest BCUT2D eigenvalue weighted by Gasteiger charge is -2.35. The smallest absolute Gasteiger partial charge is 0.252 e. The molecule has 0 amide bonds. The van der Waals surface area contributed by atoms with Gasteiger partial charge in [-0.15, -0.1) is 22.7 Å². The minimum absolute atomic E-state index is 0.0319. The quantitative estimate of drug-likeness (QED) is 0.421. The summed E-state index contributed by atoms with van der Waals surface area (Å²) in [5.41, 5.74) is 4.35. The van der Waals surface area contributed by atoms with E-state index >= 15 is 0 Å². The van der Waals surface area contributed by atoms with Crippen molar-refractivity contribution in [3.63, 3.8) is 0 Å². The van der Waals surface area contributed by atoms with Crippen LogP contribution >= 0.6 is 22.7 Å². The van der Waals surface area contributed by atoms with Crippen molar-refractivity contribution in [1.29, 1.82) is 0 Å². The van der Waals surface area contributed by atoms with Crippen molar-refractivity contribution in [2.45, 2.75) is 40.0 Å². The van der Waals surface area contributed by atoms with Crippen molar-refractivity contribution in [3.05, 3.63) is 45.2 Å². The summed E-state index contributed by atoms with van der Waals surface area (Å²) in [7, 11) is 0. The Kier molecular flexibility index (Phi) is 3.93. The van der Waals surface area contributed by atoms with Crippen molar-refractivity contribution in [2.75, 3.05) is 0 Å². The molecule has 4 nitrogen and oxygen atoms in total. The molecule has 0 spiro atoms.